The highest BCUT2D eigenvalue weighted by Crippen LogP contribution is 2.33. The maximum atomic E-state index is 6.17. The quantitative estimate of drug-likeness (QED) is 0.772. The summed E-state index contributed by atoms with van der Waals surface area (Å²) in [7, 11) is 2.18. The van der Waals surface area contributed by atoms with Gasteiger partial charge in [-0.1, -0.05) is 0 Å². The molecular formula is C16H22ClN5OS. The largest absolute Gasteiger partial charge is 0.378 e. The zero-order valence-electron chi connectivity index (χ0n) is 13.9. The van der Waals surface area contributed by atoms with Crippen molar-refractivity contribution in [2.24, 2.45) is 0 Å². The number of hydrogen-bond donors (Lipinski definition) is 0. The predicted molar refractivity (Wildman–Crippen MR) is 98.2 cm³/mol. The van der Waals surface area contributed by atoms with E-state index in [1.54, 1.807) is 11.3 Å². The van der Waals surface area contributed by atoms with Gasteiger partial charge in [-0.15, -0.1) is 11.3 Å². The number of rotatable bonds is 3. The Bertz CT molecular complexity index is 710. The minimum absolute atomic E-state index is 0.331. The Morgan fingerprint density at radius 3 is 2.62 bits per heavy atom. The van der Waals surface area contributed by atoms with E-state index in [0.717, 1.165) is 75.1 Å². The molecule has 4 rings (SSSR count). The first kappa shape index (κ1) is 16.5. The summed E-state index contributed by atoms with van der Waals surface area (Å²) in [5.74, 6) is 0.953. The van der Waals surface area contributed by atoms with Crippen molar-refractivity contribution in [3.05, 3.63) is 16.2 Å². The van der Waals surface area contributed by atoms with Crippen molar-refractivity contribution in [3.63, 3.8) is 0 Å². The zero-order valence-corrected chi connectivity index (χ0v) is 15.4. The normalized spacial score (nSPS) is 20.8. The van der Waals surface area contributed by atoms with Crippen LogP contribution in [0.2, 0.25) is 5.28 Å². The standard InChI is InChI=1S/C16H22ClN5OS/c1-20-2-4-21(5-3-20)11-12-10-13-14(22-6-8-23-9-7-22)18-16(17)19-15(13)24-12/h10H,2-9,11H2,1H3. The number of morpholine rings is 1. The number of anilines is 1. The molecule has 0 atom stereocenters. The smallest absolute Gasteiger partial charge is 0.225 e. The zero-order chi connectivity index (χ0) is 16.5. The van der Waals surface area contributed by atoms with Crippen LogP contribution in [0.15, 0.2) is 6.07 Å². The van der Waals surface area contributed by atoms with E-state index in [1.165, 1.54) is 4.88 Å². The first-order valence-electron chi connectivity index (χ1n) is 8.38. The van der Waals surface area contributed by atoms with Crippen molar-refractivity contribution in [1.29, 1.82) is 0 Å². The molecule has 0 spiro atoms. The first-order chi connectivity index (χ1) is 11.7. The topological polar surface area (TPSA) is 44.7 Å². The SMILES string of the molecule is CN1CCN(Cc2cc3c(N4CCOCC4)nc(Cl)nc3s2)CC1. The number of piperazine rings is 1. The fourth-order valence-electron chi connectivity index (χ4n) is 3.25. The molecule has 2 aliphatic rings. The van der Waals surface area contributed by atoms with E-state index in [1.807, 2.05) is 0 Å². The molecule has 2 aromatic heterocycles. The Kier molecular flexibility index (Phi) is 4.87. The molecule has 0 radical (unpaired) electrons. The number of nitrogens with zero attached hydrogens (tertiary/aromatic N) is 5. The van der Waals surface area contributed by atoms with E-state index >= 15 is 0 Å². The maximum Gasteiger partial charge on any atom is 0.225 e. The average Bonchev–Trinajstić information content (AvgIpc) is 2.99. The number of halogens is 1. The van der Waals surface area contributed by atoms with Gasteiger partial charge >= 0.3 is 0 Å². The fourth-order valence-corrected chi connectivity index (χ4v) is 4.53. The lowest BCUT2D eigenvalue weighted by molar-refractivity contribution is 0.122. The van der Waals surface area contributed by atoms with Gasteiger partial charge in [-0.25, -0.2) is 4.98 Å². The van der Waals surface area contributed by atoms with E-state index in [4.69, 9.17) is 16.3 Å². The monoisotopic (exact) mass is 367 g/mol. The molecule has 2 aliphatic heterocycles. The Hall–Kier alpha value is -0.990. The molecule has 24 heavy (non-hydrogen) atoms. The van der Waals surface area contributed by atoms with E-state index < -0.39 is 0 Å². The fraction of sp³-hybridized carbons (Fsp3) is 0.625. The molecule has 0 aromatic carbocycles. The van der Waals surface area contributed by atoms with Gasteiger partial charge in [0.2, 0.25) is 5.28 Å². The van der Waals surface area contributed by atoms with Crippen LogP contribution >= 0.6 is 22.9 Å². The summed E-state index contributed by atoms with van der Waals surface area (Å²) in [6.45, 7) is 8.67. The van der Waals surface area contributed by atoms with Gasteiger partial charge in [0.05, 0.1) is 18.6 Å². The van der Waals surface area contributed by atoms with Crippen molar-refractivity contribution < 1.29 is 4.74 Å². The van der Waals surface area contributed by atoms with Crippen LogP contribution in [0, 0.1) is 0 Å². The van der Waals surface area contributed by atoms with Crippen LogP contribution in [-0.4, -0.2) is 79.3 Å². The Morgan fingerprint density at radius 1 is 1.12 bits per heavy atom. The number of thiophene rings is 1. The van der Waals surface area contributed by atoms with Gasteiger partial charge in [0, 0.05) is 50.7 Å². The molecule has 0 unspecified atom stereocenters. The molecule has 2 fully saturated rings. The van der Waals surface area contributed by atoms with Crippen LogP contribution in [0.25, 0.3) is 10.2 Å². The van der Waals surface area contributed by atoms with Crippen molar-refractivity contribution in [2.45, 2.75) is 6.54 Å². The number of likely N-dealkylation sites (N-methyl/N-ethyl adjacent to an activating group) is 1. The van der Waals surface area contributed by atoms with Gasteiger partial charge in [0.25, 0.3) is 0 Å². The number of hydrogen-bond acceptors (Lipinski definition) is 7. The summed E-state index contributed by atoms with van der Waals surface area (Å²) < 4.78 is 5.45. The van der Waals surface area contributed by atoms with E-state index in [0.29, 0.717) is 5.28 Å². The second-order valence-electron chi connectivity index (χ2n) is 6.43. The second kappa shape index (κ2) is 7.09. The summed E-state index contributed by atoms with van der Waals surface area (Å²) in [5, 5.41) is 1.45. The number of fused-ring (bicyclic) bond motifs is 1. The lowest BCUT2D eigenvalue weighted by Gasteiger charge is -2.31. The number of ether oxygens (including phenoxy) is 1. The number of aromatic nitrogens is 2. The Balaban J connectivity index is 1.59. The predicted octanol–water partition coefficient (Wildman–Crippen LogP) is 1.93. The molecular weight excluding hydrogens is 346 g/mol. The van der Waals surface area contributed by atoms with Gasteiger partial charge < -0.3 is 14.5 Å². The molecule has 4 heterocycles. The molecule has 0 aliphatic carbocycles. The van der Waals surface area contributed by atoms with Crippen LogP contribution in [0.3, 0.4) is 0 Å². The van der Waals surface area contributed by atoms with E-state index in [2.05, 4.69) is 37.8 Å². The minimum Gasteiger partial charge on any atom is -0.378 e. The molecule has 8 heteroatoms. The van der Waals surface area contributed by atoms with Crippen LogP contribution in [0.5, 0.6) is 0 Å². The van der Waals surface area contributed by atoms with Crippen molar-refractivity contribution in [3.8, 4) is 0 Å². The van der Waals surface area contributed by atoms with Gasteiger partial charge in [0.15, 0.2) is 0 Å². The summed E-state index contributed by atoms with van der Waals surface area (Å²) in [5.41, 5.74) is 0. The summed E-state index contributed by atoms with van der Waals surface area (Å²) in [6.07, 6.45) is 0. The Morgan fingerprint density at radius 2 is 1.88 bits per heavy atom. The molecule has 0 N–H and O–H groups in total. The molecule has 2 saturated heterocycles. The molecule has 0 amide bonds. The molecule has 0 bridgehead atoms. The second-order valence-corrected chi connectivity index (χ2v) is 7.88. The average molecular weight is 368 g/mol. The third-order valence-corrected chi connectivity index (χ3v) is 5.87. The maximum absolute atomic E-state index is 6.17. The van der Waals surface area contributed by atoms with Gasteiger partial charge in [0.1, 0.15) is 10.6 Å². The van der Waals surface area contributed by atoms with Crippen LogP contribution in [-0.2, 0) is 11.3 Å². The van der Waals surface area contributed by atoms with Gasteiger partial charge in [-0.05, 0) is 24.7 Å². The molecule has 2 aromatic rings. The molecule has 0 saturated carbocycles. The summed E-state index contributed by atoms with van der Waals surface area (Å²) in [4.78, 5) is 18.4. The highest BCUT2D eigenvalue weighted by atomic mass is 35.5. The summed E-state index contributed by atoms with van der Waals surface area (Å²) >= 11 is 7.91. The Labute approximate surface area is 151 Å². The van der Waals surface area contributed by atoms with E-state index in [9.17, 15) is 0 Å². The van der Waals surface area contributed by atoms with E-state index in [-0.39, 0.29) is 0 Å². The first-order valence-corrected chi connectivity index (χ1v) is 9.58. The minimum atomic E-state index is 0.331. The van der Waals surface area contributed by atoms with Gasteiger partial charge in [-0.2, -0.15) is 4.98 Å². The third-order valence-electron chi connectivity index (χ3n) is 4.68. The molecule has 130 valence electrons. The van der Waals surface area contributed by atoms with Crippen LogP contribution < -0.4 is 4.90 Å². The summed E-state index contributed by atoms with van der Waals surface area (Å²) in [6, 6.07) is 2.25. The highest BCUT2D eigenvalue weighted by Gasteiger charge is 2.20. The van der Waals surface area contributed by atoms with Crippen LogP contribution in [0.4, 0.5) is 5.82 Å². The van der Waals surface area contributed by atoms with Crippen molar-refractivity contribution in [1.82, 2.24) is 19.8 Å². The third kappa shape index (κ3) is 3.50. The van der Waals surface area contributed by atoms with Crippen molar-refractivity contribution in [2.75, 3.05) is 64.4 Å². The highest BCUT2D eigenvalue weighted by molar-refractivity contribution is 7.18. The lowest BCUT2D eigenvalue weighted by Crippen LogP contribution is -2.43. The van der Waals surface area contributed by atoms with Gasteiger partial charge in [-0.3, -0.25) is 4.90 Å². The van der Waals surface area contributed by atoms with Crippen molar-refractivity contribution >= 4 is 39.0 Å². The molecule has 6 nitrogen and oxygen atoms in total. The van der Waals surface area contributed by atoms with Crippen LogP contribution in [0.1, 0.15) is 4.88 Å². The lowest BCUT2D eigenvalue weighted by atomic mass is 10.2.